The molecule has 0 aliphatic heterocycles. The molecule has 4 rings (SSSR count). The van der Waals surface area contributed by atoms with Crippen LogP contribution in [0, 0.1) is 29.1 Å². The number of hydrogen-bond acceptors (Lipinski definition) is 5. The lowest BCUT2D eigenvalue weighted by molar-refractivity contribution is 0.00151. The summed E-state index contributed by atoms with van der Waals surface area (Å²) in [7, 11) is -2.94. The molecule has 0 saturated heterocycles. The van der Waals surface area contributed by atoms with Crippen LogP contribution in [-0.2, 0) is 16.7 Å². The van der Waals surface area contributed by atoms with Crippen LogP contribution in [0.5, 0.6) is 11.5 Å². The van der Waals surface area contributed by atoms with Gasteiger partial charge in [0.1, 0.15) is 0 Å². The molecule has 3 aliphatic rings. The Balaban J connectivity index is 1.62. The van der Waals surface area contributed by atoms with Crippen molar-refractivity contribution in [3.63, 3.8) is 0 Å². The SMILES string of the molecule is COc1cc2c(cc1ONS(=O)(=O)O)CC[C@@H]1[C@@H]2CC[C@]2(C)[C@@H]([C@H](C)CO)CC[C@@H]12. The van der Waals surface area contributed by atoms with Crippen LogP contribution in [0.4, 0.5) is 0 Å². The summed E-state index contributed by atoms with van der Waals surface area (Å²) in [6.07, 6.45) is 6.74. The number of aryl methyl sites for hydroxylation is 1. The number of hydrogen-bond donors (Lipinski definition) is 3. The average Bonchev–Trinajstić information content (AvgIpc) is 3.07. The van der Waals surface area contributed by atoms with Crippen LogP contribution in [-0.4, -0.2) is 31.8 Å². The van der Waals surface area contributed by atoms with Crippen LogP contribution >= 0.6 is 0 Å². The van der Waals surface area contributed by atoms with Gasteiger partial charge in [0.15, 0.2) is 11.5 Å². The van der Waals surface area contributed by atoms with Gasteiger partial charge in [-0.3, -0.25) is 4.55 Å². The van der Waals surface area contributed by atoms with Crippen LogP contribution in [0.25, 0.3) is 0 Å². The first-order valence-corrected chi connectivity index (χ1v) is 12.3. The average molecular weight is 440 g/mol. The van der Waals surface area contributed by atoms with Crippen molar-refractivity contribution in [1.82, 2.24) is 4.89 Å². The van der Waals surface area contributed by atoms with Gasteiger partial charge < -0.3 is 14.7 Å². The lowest BCUT2D eigenvalue weighted by Gasteiger charge is -2.52. The van der Waals surface area contributed by atoms with Gasteiger partial charge in [0, 0.05) is 6.61 Å². The first kappa shape index (κ1) is 21.9. The second-order valence-corrected chi connectivity index (χ2v) is 10.8. The van der Waals surface area contributed by atoms with Crippen LogP contribution in [0.2, 0.25) is 0 Å². The molecule has 0 amide bonds. The van der Waals surface area contributed by atoms with E-state index < -0.39 is 10.3 Å². The Bertz CT molecular complexity index is 903. The molecule has 0 radical (unpaired) electrons. The van der Waals surface area contributed by atoms with Crippen LogP contribution < -0.4 is 14.5 Å². The second-order valence-electron chi connectivity index (χ2n) is 9.67. The maximum Gasteiger partial charge on any atom is 0.364 e. The zero-order valence-electron chi connectivity index (χ0n) is 17.9. The molecule has 1 aromatic carbocycles. The minimum atomic E-state index is -4.46. The maximum absolute atomic E-state index is 11.0. The number of methoxy groups -OCH3 is 1. The number of benzene rings is 1. The van der Waals surface area contributed by atoms with Gasteiger partial charge in [-0.25, -0.2) is 0 Å². The molecule has 3 aliphatic carbocycles. The van der Waals surface area contributed by atoms with Crippen molar-refractivity contribution in [2.75, 3.05) is 13.7 Å². The van der Waals surface area contributed by atoms with Crippen molar-refractivity contribution in [1.29, 1.82) is 0 Å². The Morgan fingerprint density at radius 2 is 2.00 bits per heavy atom. The highest BCUT2D eigenvalue weighted by molar-refractivity contribution is 7.83. The van der Waals surface area contributed by atoms with Crippen molar-refractivity contribution >= 4 is 10.3 Å². The Hall–Kier alpha value is -1.35. The summed E-state index contributed by atoms with van der Waals surface area (Å²) in [5.41, 5.74) is 2.74. The van der Waals surface area contributed by atoms with E-state index in [1.165, 1.54) is 25.5 Å². The summed E-state index contributed by atoms with van der Waals surface area (Å²) in [5.74, 6) is 3.41. The third-order valence-electron chi connectivity index (χ3n) is 8.31. The normalized spacial score (nSPS) is 33.9. The van der Waals surface area contributed by atoms with Crippen molar-refractivity contribution in [2.24, 2.45) is 29.1 Å². The fraction of sp³-hybridized carbons (Fsp3) is 0.727. The van der Waals surface area contributed by atoms with Gasteiger partial charge in [-0.2, -0.15) is 8.42 Å². The molecule has 1 aromatic rings. The summed E-state index contributed by atoms with van der Waals surface area (Å²) in [6.45, 7) is 4.90. The van der Waals surface area contributed by atoms with E-state index in [0.717, 1.165) is 31.2 Å². The third-order valence-corrected chi connectivity index (χ3v) is 8.61. The van der Waals surface area contributed by atoms with Gasteiger partial charge in [-0.1, -0.05) is 13.8 Å². The van der Waals surface area contributed by atoms with Crippen LogP contribution in [0.3, 0.4) is 0 Å². The van der Waals surface area contributed by atoms with Gasteiger partial charge >= 0.3 is 10.3 Å². The van der Waals surface area contributed by atoms with Gasteiger partial charge in [-0.15, -0.1) is 0 Å². The number of aliphatic hydroxyl groups excluding tert-OH is 1. The van der Waals surface area contributed by atoms with E-state index in [1.54, 1.807) is 4.89 Å². The predicted molar refractivity (Wildman–Crippen MR) is 113 cm³/mol. The largest absolute Gasteiger partial charge is 0.493 e. The van der Waals surface area contributed by atoms with Crippen LogP contribution in [0.15, 0.2) is 12.1 Å². The Kier molecular flexibility index (Phi) is 5.81. The van der Waals surface area contributed by atoms with Crippen molar-refractivity contribution < 1.29 is 27.7 Å². The molecule has 2 saturated carbocycles. The minimum absolute atomic E-state index is 0.255. The van der Waals surface area contributed by atoms with E-state index in [9.17, 15) is 13.5 Å². The second kappa shape index (κ2) is 7.97. The quantitative estimate of drug-likeness (QED) is 0.463. The lowest BCUT2D eigenvalue weighted by Crippen LogP contribution is -2.44. The number of nitrogens with one attached hydrogen (secondary N) is 1. The number of ether oxygens (including phenoxy) is 1. The Morgan fingerprint density at radius 3 is 2.67 bits per heavy atom. The molecule has 0 spiro atoms. The van der Waals surface area contributed by atoms with E-state index in [-0.39, 0.29) is 12.4 Å². The molecular formula is C22H33NO6S. The highest BCUT2D eigenvalue weighted by Crippen LogP contribution is 2.64. The molecule has 3 N–H and O–H groups in total. The molecule has 0 unspecified atom stereocenters. The standard InChI is InChI=1S/C22H33NO6S/c1-13(12-24)18-6-7-19-16-5-4-14-10-21(29-23-30(25,26)27)20(28-3)11-17(14)15(16)8-9-22(18,19)2/h10-11,13,15-16,18-19,23-24H,4-9,12H2,1-3H3,(H,25,26,27)/t13-,15+,16-,18-,19+,22-/m1/s1. The molecule has 7 nitrogen and oxygen atoms in total. The van der Waals surface area contributed by atoms with E-state index in [2.05, 4.69) is 13.8 Å². The summed E-state index contributed by atoms with van der Waals surface area (Å²) in [5, 5.41) is 9.76. The summed E-state index contributed by atoms with van der Waals surface area (Å²) in [6, 6.07) is 3.82. The van der Waals surface area contributed by atoms with E-state index >= 15 is 0 Å². The molecule has 168 valence electrons. The fourth-order valence-electron chi connectivity index (χ4n) is 7.02. The molecule has 6 atom stereocenters. The van der Waals surface area contributed by atoms with Gasteiger partial charge in [0.2, 0.25) is 0 Å². The maximum atomic E-state index is 11.0. The zero-order chi connectivity index (χ0) is 21.7. The minimum Gasteiger partial charge on any atom is -0.493 e. The highest BCUT2D eigenvalue weighted by atomic mass is 32.2. The van der Waals surface area contributed by atoms with E-state index in [0.29, 0.717) is 40.8 Å². The zero-order valence-corrected chi connectivity index (χ0v) is 18.7. The summed E-state index contributed by atoms with van der Waals surface area (Å²) < 4.78 is 36.3. The molecule has 30 heavy (non-hydrogen) atoms. The summed E-state index contributed by atoms with van der Waals surface area (Å²) in [4.78, 5) is 6.76. The molecule has 8 heteroatoms. The highest BCUT2D eigenvalue weighted by Gasteiger charge is 2.55. The number of aliphatic hydroxyl groups is 1. The monoisotopic (exact) mass is 439 g/mol. The molecule has 0 aromatic heterocycles. The lowest BCUT2D eigenvalue weighted by atomic mass is 9.53. The Morgan fingerprint density at radius 1 is 1.23 bits per heavy atom. The smallest absolute Gasteiger partial charge is 0.364 e. The topological polar surface area (TPSA) is 105 Å². The first-order valence-electron chi connectivity index (χ1n) is 10.9. The molecular weight excluding hydrogens is 406 g/mol. The van der Waals surface area contributed by atoms with Crippen molar-refractivity contribution in [3.05, 3.63) is 23.3 Å². The first-order chi connectivity index (χ1) is 14.2. The van der Waals surface area contributed by atoms with Gasteiger partial charge in [0.25, 0.3) is 0 Å². The predicted octanol–water partition coefficient (Wildman–Crippen LogP) is 3.48. The van der Waals surface area contributed by atoms with Gasteiger partial charge in [0.05, 0.1) is 7.11 Å². The molecule has 0 heterocycles. The number of rotatable bonds is 6. The van der Waals surface area contributed by atoms with Gasteiger partial charge in [-0.05, 0) is 102 Å². The molecule has 2 fully saturated rings. The fourth-order valence-corrected chi connectivity index (χ4v) is 7.21. The summed E-state index contributed by atoms with van der Waals surface area (Å²) >= 11 is 0. The number of fused-ring (bicyclic) bond motifs is 5. The third kappa shape index (κ3) is 3.72. The Labute approximate surface area is 179 Å². The molecule has 0 bridgehead atoms. The van der Waals surface area contributed by atoms with Crippen molar-refractivity contribution in [2.45, 2.75) is 58.3 Å². The van der Waals surface area contributed by atoms with Crippen LogP contribution in [0.1, 0.15) is 63.0 Å². The van der Waals surface area contributed by atoms with Crippen molar-refractivity contribution in [3.8, 4) is 11.5 Å². The van der Waals surface area contributed by atoms with E-state index in [1.807, 2.05) is 12.1 Å². The van der Waals surface area contributed by atoms with E-state index in [4.69, 9.17) is 14.1 Å².